The maximum absolute atomic E-state index is 12.1. The summed E-state index contributed by atoms with van der Waals surface area (Å²) in [5.41, 5.74) is 2.30. The number of hydrogen-bond donors (Lipinski definition) is 0. The number of aryl methyl sites for hydroxylation is 1. The van der Waals surface area contributed by atoms with E-state index < -0.39 is 0 Å². The maximum Gasteiger partial charge on any atom is 0.188 e. The smallest absolute Gasteiger partial charge is 0.188 e. The van der Waals surface area contributed by atoms with E-state index in [1.54, 1.807) is 29.5 Å². The Kier molecular flexibility index (Phi) is 3.13. The molecule has 0 saturated carbocycles. The molecule has 0 spiro atoms. The number of hydrogen-bond acceptors (Lipinski definition) is 2. The van der Waals surface area contributed by atoms with Crippen LogP contribution in [-0.2, 0) is 0 Å². The Hall–Kier alpha value is -1.64. The largest absolute Gasteiger partial charge is 0.289 e. The van der Waals surface area contributed by atoms with Crippen LogP contribution in [0.15, 0.2) is 53.3 Å². The minimum atomic E-state index is 0.0434. The van der Waals surface area contributed by atoms with E-state index in [2.05, 4.69) is 6.07 Å². The van der Waals surface area contributed by atoms with Crippen LogP contribution in [0.25, 0.3) is 20.5 Å². The Balaban J connectivity index is 2.28. The summed E-state index contributed by atoms with van der Waals surface area (Å²) in [6.07, 6.45) is 0. The average molecular weight is 287 g/mol. The third-order valence-corrected chi connectivity index (χ3v) is 4.36. The van der Waals surface area contributed by atoms with Crippen LogP contribution in [0.3, 0.4) is 0 Å². The zero-order valence-electron chi connectivity index (χ0n) is 10.3. The molecule has 0 unspecified atom stereocenters. The molecule has 0 N–H and O–H groups in total. The SMILES string of the molecule is Cc1cccc(-c2cc(=O)c3ccc(Cl)cc3s2)c1. The van der Waals surface area contributed by atoms with Gasteiger partial charge < -0.3 is 0 Å². The highest BCUT2D eigenvalue weighted by molar-refractivity contribution is 7.21. The van der Waals surface area contributed by atoms with E-state index >= 15 is 0 Å². The van der Waals surface area contributed by atoms with Crippen molar-refractivity contribution in [1.82, 2.24) is 0 Å². The average Bonchev–Trinajstić information content (AvgIpc) is 2.38. The van der Waals surface area contributed by atoms with Crippen molar-refractivity contribution in [3.8, 4) is 10.4 Å². The third kappa shape index (κ3) is 2.42. The zero-order chi connectivity index (χ0) is 13.4. The Morgan fingerprint density at radius 1 is 1.05 bits per heavy atom. The van der Waals surface area contributed by atoms with Gasteiger partial charge in [-0.05, 0) is 30.7 Å². The summed E-state index contributed by atoms with van der Waals surface area (Å²) in [5.74, 6) is 0. The van der Waals surface area contributed by atoms with Crippen LogP contribution in [0.4, 0.5) is 0 Å². The fourth-order valence-electron chi connectivity index (χ4n) is 2.07. The van der Waals surface area contributed by atoms with E-state index in [0.717, 1.165) is 20.5 Å². The molecule has 1 nitrogen and oxygen atoms in total. The first-order valence-electron chi connectivity index (χ1n) is 5.94. The molecule has 0 aliphatic rings. The molecular formula is C16H11ClOS. The first-order valence-corrected chi connectivity index (χ1v) is 7.13. The van der Waals surface area contributed by atoms with Gasteiger partial charge >= 0.3 is 0 Å². The molecule has 0 radical (unpaired) electrons. The van der Waals surface area contributed by atoms with Crippen molar-refractivity contribution in [3.05, 3.63) is 69.3 Å². The van der Waals surface area contributed by atoms with Crippen LogP contribution in [0.1, 0.15) is 5.56 Å². The summed E-state index contributed by atoms with van der Waals surface area (Å²) >= 11 is 7.59. The van der Waals surface area contributed by atoms with Gasteiger partial charge in [0.15, 0.2) is 5.43 Å². The molecule has 0 bridgehead atoms. The second kappa shape index (κ2) is 4.80. The molecule has 3 heteroatoms. The summed E-state index contributed by atoms with van der Waals surface area (Å²) in [6.45, 7) is 2.05. The van der Waals surface area contributed by atoms with Crippen molar-refractivity contribution in [3.63, 3.8) is 0 Å². The molecular weight excluding hydrogens is 276 g/mol. The van der Waals surface area contributed by atoms with Gasteiger partial charge in [-0.25, -0.2) is 0 Å². The third-order valence-electron chi connectivity index (χ3n) is 2.99. The Morgan fingerprint density at radius 2 is 1.89 bits per heavy atom. The number of halogens is 1. The first kappa shape index (κ1) is 12.4. The van der Waals surface area contributed by atoms with Crippen LogP contribution in [0.5, 0.6) is 0 Å². The summed E-state index contributed by atoms with van der Waals surface area (Å²) in [7, 11) is 0. The summed E-state index contributed by atoms with van der Waals surface area (Å²) in [4.78, 5) is 13.1. The highest BCUT2D eigenvalue weighted by Gasteiger charge is 2.05. The Labute approximate surface area is 120 Å². The quantitative estimate of drug-likeness (QED) is 0.622. The molecule has 1 aromatic heterocycles. The molecule has 0 saturated heterocycles. The Bertz CT molecular complexity index is 820. The molecule has 3 aromatic rings. The normalized spacial score (nSPS) is 10.8. The molecule has 3 rings (SSSR count). The highest BCUT2D eigenvalue weighted by atomic mass is 35.5. The monoisotopic (exact) mass is 286 g/mol. The van der Waals surface area contributed by atoms with Gasteiger partial charge in [0.2, 0.25) is 0 Å². The molecule has 0 amide bonds. The van der Waals surface area contributed by atoms with Gasteiger partial charge in [-0.1, -0.05) is 41.4 Å². The van der Waals surface area contributed by atoms with Crippen LogP contribution in [-0.4, -0.2) is 0 Å². The fourth-order valence-corrected chi connectivity index (χ4v) is 3.42. The van der Waals surface area contributed by atoms with Crippen LogP contribution < -0.4 is 5.43 Å². The van der Waals surface area contributed by atoms with Gasteiger partial charge in [0, 0.05) is 26.1 Å². The minimum absolute atomic E-state index is 0.0434. The standard InChI is InChI=1S/C16H11ClOS/c1-10-3-2-4-11(7-10)15-9-14(18)13-6-5-12(17)8-16(13)19-15/h2-9H,1H3. The fraction of sp³-hybridized carbons (Fsp3) is 0.0625. The van der Waals surface area contributed by atoms with Crippen LogP contribution in [0.2, 0.25) is 5.02 Å². The summed E-state index contributed by atoms with van der Waals surface area (Å²) in [5, 5.41) is 1.38. The van der Waals surface area contributed by atoms with Gasteiger partial charge in [-0.3, -0.25) is 4.79 Å². The van der Waals surface area contributed by atoms with E-state index in [4.69, 9.17) is 11.6 Å². The van der Waals surface area contributed by atoms with Gasteiger partial charge in [0.1, 0.15) is 0 Å². The van der Waals surface area contributed by atoms with E-state index in [0.29, 0.717) is 5.02 Å². The lowest BCUT2D eigenvalue weighted by molar-refractivity contribution is 1.47. The number of benzene rings is 2. The van der Waals surface area contributed by atoms with Gasteiger partial charge in [-0.2, -0.15) is 0 Å². The summed E-state index contributed by atoms with van der Waals surface area (Å²) in [6, 6.07) is 15.3. The van der Waals surface area contributed by atoms with Crippen molar-refractivity contribution in [1.29, 1.82) is 0 Å². The lowest BCUT2D eigenvalue weighted by Gasteiger charge is -2.04. The summed E-state index contributed by atoms with van der Waals surface area (Å²) < 4.78 is 0.927. The lowest BCUT2D eigenvalue weighted by Crippen LogP contribution is -1.98. The highest BCUT2D eigenvalue weighted by Crippen LogP contribution is 2.29. The van der Waals surface area contributed by atoms with E-state index in [-0.39, 0.29) is 5.43 Å². The maximum atomic E-state index is 12.1. The van der Waals surface area contributed by atoms with Crippen LogP contribution in [0, 0.1) is 6.92 Å². The Morgan fingerprint density at radius 3 is 2.68 bits per heavy atom. The number of rotatable bonds is 1. The molecule has 1 heterocycles. The van der Waals surface area contributed by atoms with E-state index in [9.17, 15) is 4.79 Å². The first-order chi connectivity index (χ1) is 9.13. The minimum Gasteiger partial charge on any atom is -0.289 e. The molecule has 0 aliphatic heterocycles. The van der Waals surface area contributed by atoms with Gasteiger partial charge in [0.05, 0.1) is 0 Å². The van der Waals surface area contributed by atoms with E-state index in [1.165, 1.54) is 5.56 Å². The zero-order valence-corrected chi connectivity index (χ0v) is 11.9. The molecule has 2 aromatic carbocycles. The van der Waals surface area contributed by atoms with Crippen molar-refractivity contribution in [2.45, 2.75) is 6.92 Å². The lowest BCUT2D eigenvalue weighted by atomic mass is 10.1. The molecule has 19 heavy (non-hydrogen) atoms. The van der Waals surface area contributed by atoms with Crippen LogP contribution >= 0.6 is 22.9 Å². The topological polar surface area (TPSA) is 17.1 Å². The van der Waals surface area contributed by atoms with Crippen molar-refractivity contribution >= 4 is 33.0 Å². The van der Waals surface area contributed by atoms with Crippen molar-refractivity contribution in [2.24, 2.45) is 0 Å². The second-order valence-corrected chi connectivity index (χ2v) is 6.01. The predicted octanol–water partition coefficient (Wildman–Crippen LogP) is 4.89. The molecule has 0 fully saturated rings. The second-order valence-electron chi connectivity index (χ2n) is 4.48. The van der Waals surface area contributed by atoms with Crippen molar-refractivity contribution < 1.29 is 0 Å². The van der Waals surface area contributed by atoms with Gasteiger partial charge in [0.25, 0.3) is 0 Å². The molecule has 0 atom stereocenters. The number of fused-ring (bicyclic) bond motifs is 1. The van der Waals surface area contributed by atoms with Crippen molar-refractivity contribution in [2.75, 3.05) is 0 Å². The molecule has 94 valence electrons. The van der Waals surface area contributed by atoms with E-state index in [1.807, 2.05) is 31.2 Å². The molecule has 0 aliphatic carbocycles. The predicted molar refractivity (Wildman–Crippen MR) is 83.3 cm³/mol. The van der Waals surface area contributed by atoms with Gasteiger partial charge in [-0.15, -0.1) is 11.3 Å².